The number of rotatable bonds is 10. The molecule has 0 aliphatic carbocycles. The molecule has 0 amide bonds. The first-order valence-electron chi connectivity index (χ1n) is 20.5. The van der Waals surface area contributed by atoms with Crippen molar-refractivity contribution in [2.45, 2.75) is 123 Å². The summed E-state index contributed by atoms with van der Waals surface area (Å²) in [7, 11) is 10.1. The number of benzene rings is 4. The van der Waals surface area contributed by atoms with Crippen molar-refractivity contribution >= 4 is 0 Å². The van der Waals surface area contributed by atoms with Crippen molar-refractivity contribution in [2.24, 2.45) is 21.7 Å². The van der Waals surface area contributed by atoms with Crippen LogP contribution in [0.15, 0.2) is 72.8 Å². The lowest BCUT2D eigenvalue weighted by molar-refractivity contribution is 0.353. The summed E-state index contributed by atoms with van der Waals surface area (Å²) < 4.78 is 31.4. The van der Waals surface area contributed by atoms with Crippen LogP contribution in [0.2, 0.25) is 0 Å². The van der Waals surface area contributed by atoms with Crippen LogP contribution in [0, 0.1) is 35.5 Å². The summed E-state index contributed by atoms with van der Waals surface area (Å²) in [5.74, 6) is 5.26. The third-order valence-electron chi connectivity index (χ3n) is 8.86. The summed E-state index contributed by atoms with van der Waals surface area (Å²) in [6, 6.07) is 24.8. The van der Waals surface area contributed by atoms with Crippen molar-refractivity contribution in [2.75, 3.05) is 42.7 Å². The Morgan fingerprint density at radius 3 is 1.12 bits per heavy atom. The molecule has 0 N–H and O–H groups in total. The van der Waals surface area contributed by atoms with E-state index >= 15 is 0 Å². The Balaban J connectivity index is 0.000000387. The van der Waals surface area contributed by atoms with Crippen LogP contribution in [0.4, 0.5) is 0 Å². The molecule has 4 aromatic rings. The van der Waals surface area contributed by atoms with E-state index in [0.717, 1.165) is 60.2 Å². The van der Waals surface area contributed by atoms with Gasteiger partial charge >= 0.3 is 0 Å². The van der Waals surface area contributed by atoms with E-state index in [-0.39, 0.29) is 5.41 Å². The third kappa shape index (κ3) is 20.9. The van der Waals surface area contributed by atoms with E-state index in [4.69, 9.17) is 28.4 Å². The highest BCUT2D eigenvalue weighted by atomic mass is 16.5. The van der Waals surface area contributed by atoms with Gasteiger partial charge in [-0.3, -0.25) is 0 Å². The lowest BCUT2D eigenvalue weighted by atomic mass is 9.86. The van der Waals surface area contributed by atoms with E-state index in [0.29, 0.717) is 16.2 Å². The highest BCUT2D eigenvalue weighted by Gasteiger charge is 2.16. The second-order valence-electron chi connectivity index (χ2n) is 19.9. The van der Waals surface area contributed by atoms with Crippen LogP contribution >= 0.6 is 0 Å². The smallest absolute Gasteiger partial charge is 0.160 e. The van der Waals surface area contributed by atoms with Gasteiger partial charge in [-0.25, -0.2) is 0 Å². The molecule has 4 rings (SSSR count). The lowest BCUT2D eigenvalue weighted by Gasteiger charge is -2.20. The molecule has 0 unspecified atom stereocenters. The van der Waals surface area contributed by atoms with Gasteiger partial charge in [0.05, 0.1) is 42.7 Å². The zero-order valence-corrected chi connectivity index (χ0v) is 40.2. The van der Waals surface area contributed by atoms with Gasteiger partial charge in [0.15, 0.2) is 11.5 Å². The van der Waals surface area contributed by atoms with E-state index in [1.807, 2.05) is 30.3 Å². The molecule has 0 aliphatic heterocycles. The van der Waals surface area contributed by atoms with Crippen molar-refractivity contribution in [1.29, 1.82) is 0 Å². The monoisotopic (exact) mass is 801 g/mol. The summed E-state index contributed by atoms with van der Waals surface area (Å²) in [5.41, 5.74) is 9.09. The molecule has 0 saturated heterocycles. The molecule has 6 nitrogen and oxygen atoms in total. The summed E-state index contributed by atoms with van der Waals surface area (Å²) in [6.45, 7) is 31.1. The molecule has 0 fully saturated rings. The first-order valence-corrected chi connectivity index (χ1v) is 20.5. The van der Waals surface area contributed by atoms with Crippen molar-refractivity contribution in [1.82, 2.24) is 0 Å². The van der Waals surface area contributed by atoms with Gasteiger partial charge in [-0.05, 0) is 131 Å². The molecule has 324 valence electrons. The van der Waals surface area contributed by atoms with E-state index in [1.54, 1.807) is 42.7 Å². The van der Waals surface area contributed by atoms with E-state index in [2.05, 4.69) is 139 Å². The van der Waals surface area contributed by atoms with Crippen LogP contribution < -0.4 is 28.4 Å². The van der Waals surface area contributed by atoms with Gasteiger partial charge in [0.2, 0.25) is 0 Å². The molecule has 58 heavy (non-hydrogen) atoms. The first kappa shape index (κ1) is 51.7. The maximum absolute atomic E-state index is 5.35. The minimum absolute atomic E-state index is 0.266. The molecule has 0 heterocycles. The minimum Gasteiger partial charge on any atom is -0.497 e. The molecule has 0 atom stereocenters. The molecule has 0 bridgehead atoms. The lowest BCUT2D eigenvalue weighted by Crippen LogP contribution is -2.10. The largest absolute Gasteiger partial charge is 0.497 e. The molecule has 0 radical (unpaired) electrons. The van der Waals surface area contributed by atoms with E-state index < -0.39 is 0 Å². The summed E-state index contributed by atoms with van der Waals surface area (Å²) in [5, 5.41) is 0. The fourth-order valence-electron chi connectivity index (χ4n) is 6.40. The number of hydrogen-bond acceptors (Lipinski definition) is 6. The second-order valence-corrected chi connectivity index (χ2v) is 19.9. The highest BCUT2D eigenvalue weighted by Crippen LogP contribution is 2.32. The Bertz CT molecular complexity index is 1790. The van der Waals surface area contributed by atoms with Crippen LogP contribution in [-0.4, -0.2) is 42.7 Å². The summed E-state index contributed by atoms with van der Waals surface area (Å²) in [4.78, 5) is 0. The van der Waals surface area contributed by atoms with Crippen molar-refractivity contribution in [3.05, 3.63) is 106 Å². The van der Waals surface area contributed by atoms with Crippen LogP contribution in [0.3, 0.4) is 0 Å². The van der Waals surface area contributed by atoms with E-state index in [1.165, 1.54) is 33.4 Å². The Hall–Kier alpha value is -4.32. The van der Waals surface area contributed by atoms with E-state index in [9.17, 15) is 0 Å². The Morgan fingerprint density at radius 2 is 0.724 bits per heavy atom. The van der Waals surface area contributed by atoms with Gasteiger partial charge in [0.1, 0.15) is 23.0 Å². The van der Waals surface area contributed by atoms with Gasteiger partial charge in [-0.15, -0.1) is 0 Å². The maximum Gasteiger partial charge on any atom is 0.160 e. The molecule has 0 saturated carbocycles. The van der Waals surface area contributed by atoms with Crippen molar-refractivity contribution in [3.8, 4) is 34.5 Å². The second kappa shape index (κ2) is 23.3. The Labute approximate surface area is 355 Å². The third-order valence-corrected chi connectivity index (χ3v) is 8.86. The molecule has 0 aliphatic rings. The quantitative estimate of drug-likeness (QED) is 0.159. The zero-order valence-electron chi connectivity index (χ0n) is 40.2. The predicted octanol–water partition coefficient (Wildman–Crippen LogP) is 13.8. The van der Waals surface area contributed by atoms with Gasteiger partial charge in [0, 0.05) is 6.07 Å². The number of ether oxygens (including phenoxy) is 6. The molecule has 4 aromatic carbocycles. The van der Waals surface area contributed by atoms with Crippen molar-refractivity contribution in [3.63, 3.8) is 0 Å². The molecule has 6 heteroatoms. The molecule has 0 spiro atoms. The molecule has 0 aromatic heterocycles. The van der Waals surface area contributed by atoms with Crippen LogP contribution in [0.5, 0.6) is 34.5 Å². The number of methoxy groups -OCH3 is 6. The van der Waals surface area contributed by atoms with Crippen LogP contribution in [0.25, 0.3) is 0 Å². The van der Waals surface area contributed by atoms with Crippen LogP contribution in [0.1, 0.15) is 116 Å². The average molecular weight is 801 g/mol. The fraction of sp³-hybridized carbons (Fsp3) is 0.538. The predicted molar refractivity (Wildman–Crippen MR) is 247 cm³/mol. The molecular formula is C52H80O6. The first-order chi connectivity index (χ1) is 26.8. The normalized spacial score (nSPS) is 11.4. The number of aryl methyl sites for hydroxylation is 2. The summed E-state index contributed by atoms with van der Waals surface area (Å²) in [6.07, 6.45) is 4.26. The molecular weight excluding hydrogens is 721 g/mol. The van der Waals surface area contributed by atoms with Gasteiger partial charge < -0.3 is 28.4 Å². The number of hydrogen-bond donors (Lipinski definition) is 0. The minimum atomic E-state index is 0.266. The van der Waals surface area contributed by atoms with Crippen molar-refractivity contribution < 1.29 is 28.4 Å². The van der Waals surface area contributed by atoms with Gasteiger partial charge in [-0.1, -0.05) is 113 Å². The fourth-order valence-corrected chi connectivity index (χ4v) is 6.40. The Morgan fingerprint density at radius 1 is 0.328 bits per heavy atom. The highest BCUT2D eigenvalue weighted by molar-refractivity contribution is 5.43. The standard InChI is InChI=1S/2C13H20O2.2C13H20O/c1-13(2,3)9-10-6-7-11(14-4)8-12(10)15-5;1-13(2,3)9-10-6-7-11(14-4)12(8-10)15-5;1-10-8-12(14-5)7-6-11(10)9-13(2,3)4;1-10-8-11(9-13(2,3)4)6-7-12(10)14-5/h2*6-8H,9H2,1-5H3;2*6-8H,9H2,1-5H3. The Kier molecular flexibility index (Phi) is 20.8. The zero-order chi connectivity index (χ0) is 44.5. The van der Waals surface area contributed by atoms with Gasteiger partial charge in [-0.2, -0.15) is 0 Å². The summed E-state index contributed by atoms with van der Waals surface area (Å²) >= 11 is 0. The van der Waals surface area contributed by atoms with Gasteiger partial charge in [0.25, 0.3) is 0 Å². The van der Waals surface area contributed by atoms with Crippen LogP contribution in [-0.2, 0) is 25.7 Å². The maximum atomic E-state index is 5.35. The average Bonchev–Trinajstić information content (AvgIpc) is 3.11. The topological polar surface area (TPSA) is 55.4 Å². The SMILES string of the molecule is COc1ccc(CC(C)(C)C)c(C)c1.COc1ccc(CC(C)(C)C)c(OC)c1.COc1ccc(CC(C)(C)C)cc1C.COc1ccc(CC(C)(C)C)cc1OC.